The van der Waals surface area contributed by atoms with E-state index in [2.05, 4.69) is 62.2 Å². The lowest BCUT2D eigenvalue weighted by Gasteiger charge is -2.05. The van der Waals surface area contributed by atoms with Crippen LogP contribution in [0.25, 0.3) is 0 Å². The Bertz CT molecular complexity index is 876. The predicted molar refractivity (Wildman–Crippen MR) is 157 cm³/mol. The summed E-state index contributed by atoms with van der Waals surface area (Å²) in [5.41, 5.74) is 2.13. The predicted octanol–water partition coefficient (Wildman–Crippen LogP) is 5.82. The molecule has 0 fully saturated rings. The molecule has 2 aromatic heterocycles. The van der Waals surface area contributed by atoms with E-state index in [0.717, 1.165) is 68.7 Å². The number of rotatable bonds is 20. The molecule has 0 N–H and O–H groups in total. The van der Waals surface area contributed by atoms with Crippen LogP contribution in [0.3, 0.4) is 0 Å². The summed E-state index contributed by atoms with van der Waals surface area (Å²) in [6, 6.07) is 0. The average molecular weight is 549 g/mol. The second-order valence-electron chi connectivity index (χ2n) is 12.0. The third-order valence-electron chi connectivity index (χ3n) is 6.26. The number of Topliss-reactive ketones (excluding diaryl/α,β-unsaturated/α-hetero) is 1. The number of carbonyl (C=O) groups is 1. The van der Waals surface area contributed by atoms with Gasteiger partial charge in [0.2, 0.25) is 0 Å². The molecule has 0 saturated carbocycles. The van der Waals surface area contributed by atoms with Crippen LogP contribution in [-0.4, -0.2) is 62.2 Å². The Labute approximate surface area is 237 Å². The Morgan fingerprint density at radius 2 is 1.15 bits per heavy atom. The topological polar surface area (TPSA) is 97.0 Å². The third-order valence-corrected chi connectivity index (χ3v) is 6.26. The van der Waals surface area contributed by atoms with Crippen LogP contribution in [0.2, 0.25) is 0 Å². The van der Waals surface area contributed by atoms with E-state index in [0.29, 0.717) is 19.1 Å². The highest BCUT2D eigenvalue weighted by Gasteiger charge is 2.07. The van der Waals surface area contributed by atoms with Crippen molar-refractivity contribution in [2.75, 3.05) is 26.4 Å². The summed E-state index contributed by atoms with van der Waals surface area (Å²) in [7, 11) is 0. The van der Waals surface area contributed by atoms with Gasteiger partial charge in [-0.25, -0.2) is 9.36 Å². The van der Waals surface area contributed by atoms with Crippen LogP contribution in [0.1, 0.15) is 98.9 Å². The first-order valence-corrected chi connectivity index (χ1v) is 15.0. The van der Waals surface area contributed by atoms with E-state index < -0.39 is 0 Å². The number of hydrogen-bond donors (Lipinski definition) is 0. The van der Waals surface area contributed by atoms with Crippen molar-refractivity contribution in [3.63, 3.8) is 0 Å². The number of nitrogens with zero attached hydrogens (tertiary/aromatic N) is 6. The standard InChI is InChI=1S/C15H27N3O2.C15H29N3O/c1-12(2)6-5-7-14-10-18(17-16-14)8-9-20-11-15(19)13(3)4;1-13(2)6-5-7-15-12-18(17-16-15)9-11-19-10-8-14(3)4/h10,12-13H,5-9,11H2,1-4H3;12-14H,5-11H2,1-4H3. The van der Waals surface area contributed by atoms with Crippen molar-refractivity contribution < 1.29 is 14.3 Å². The van der Waals surface area contributed by atoms with Crippen LogP contribution >= 0.6 is 0 Å². The molecule has 0 unspecified atom stereocenters. The first-order valence-electron chi connectivity index (χ1n) is 15.0. The molecule has 9 heteroatoms. The second-order valence-corrected chi connectivity index (χ2v) is 12.0. The Hall–Kier alpha value is -2.13. The highest BCUT2D eigenvalue weighted by molar-refractivity contribution is 5.81. The zero-order valence-corrected chi connectivity index (χ0v) is 26.1. The van der Waals surface area contributed by atoms with Gasteiger partial charge in [-0.2, -0.15) is 0 Å². The van der Waals surface area contributed by atoms with Crippen molar-refractivity contribution in [3.05, 3.63) is 23.8 Å². The molecule has 0 amide bonds. The summed E-state index contributed by atoms with van der Waals surface area (Å²) in [6.45, 7) is 20.8. The molecule has 9 nitrogen and oxygen atoms in total. The molecule has 0 saturated heterocycles. The monoisotopic (exact) mass is 548 g/mol. The Balaban J connectivity index is 0.000000391. The lowest BCUT2D eigenvalue weighted by molar-refractivity contribution is -0.126. The molecule has 0 atom stereocenters. The molecular formula is C30H56N6O3. The van der Waals surface area contributed by atoms with Gasteiger partial charge in [0.25, 0.3) is 0 Å². The lowest BCUT2D eigenvalue weighted by atomic mass is 10.1. The van der Waals surface area contributed by atoms with Crippen LogP contribution < -0.4 is 0 Å². The number of ketones is 1. The van der Waals surface area contributed by atoms with Gasteiger partial charge in [-0.1, -0.05) is 78.7 Å². The van der Waals surface area contributed by atoms with Crippen molar-refractivity contribution in [1.82, 2.24) is 30.0 Å². The maximum absolute atomic E-state index is 11.4. The maximum Gasteiger partial charge on any atom is 0.160 e. The fraction of sp³-hybridized carbons (Fsp3) is 0.833. The van der Waals surface area contributed by atoms with Crippen LogP contribution in [0.4, 0.5) is 0 Å². The number of carbonyl (C=O) groups excluding carboxylic acids is 1. The Kier molecular flexibility index (Phi) is 18.5. The highest BCUT2D eigenvalue weighted by atomic mass is 16.5. The van der Waals surface area contributed by atoms with E-state index in [9.17, 15) is 4.79 Å². The van der Waals surface area contributed by atoms with Crippen molar-refractivity contribution in [1.29, 1.82) is 0 Å². The van der Waals surface area contributed by atoms with Gasteiger partial charge in [-0.15, -0.1) is 10.2 Å². The van der Waals surface area contributed by atoms with Gasteiger partial charge in [0.15, 0.2) is 5.78 Å². The molecule has 0 aromatic carbocycles. The maximum atomic E-state index is 11.4. The minimum absolute atomic E-state index is 0.0360. The third kappa shape index (κ3) is 18.7. The van der Waals surface area contributed by atoms with Gasteiger partial charge in [-0.3, -0.25) is 4.79 Å². The number of hydrogen-bond acceptors (Lipinski definition) is 7. The Morgan fingerprint density at radius 1 is 0.692 bits per heavy atom. The van der Waals surface area contributed by atoms with Gasteiger partial charge < -0.3 is 9.47 Å². The zero-order valence-electron chi connectivity index (χ0n) is 26.1. The average Bonchev–Trinajstić information content (AvgIpc) is 3.50. The van der Waals surface area contributed by atoms with Crippen molar-refractivity contribution in [2.24, 2.45) is 23.7 Å². The van der Waals surface area contributed by atoms with Gasteiger partial charge in [0, 0.05) is 24.9 Å². The minimum atomic E-state index is 0.0360. The van der Waals surface area contributed by atoms with Crippen molar-refractivity contribution >= 4 is 5.78 Å². The molecule has 2 heterocycles. The molecule has 0 aliphatic heterocycles. The Morgan fingerprint density at radius 3 is 1.59 bits per heavy atom. The first kappa shape index (κ1) is 34.9. The van der Waals surface area contributed by atoms with E-state index in [1.54, 1.807) is 4.68 Å². The fourth-order valence-corrected chi connectivity index (χ4v) is 3.58. The largest absolute Gasteiger partial charge is 0.380 e. The molecular weight excluding hydrogens is 492 g/mol. The summed E-state index contributed by atoms with van der Waals surface area (Å²) in [5, 5.41) is 16.5. The highest BCUT2D eigenvalue weighted by Crippen LogP contribution is 2.09. The van der Waals surface area contributed by atoms with E-state index in [4.69, 9.17) is 9.47 Å². The summed E-state index contributed by atoms with van der Waals surface area (Å²) in [5.74, 6) is 2.38. The van der Waals surface area contributed by atoms with Crippen molar-refractivity contribution in [3.8, 4) is 0 Å². The summed E-state index contributed by atoms with van der Waals surface area (Å²) < 4.78 is 14.6. The van der Waals surface area contributed by atoms with Crippen LogP contribution in [0.15, 0.2) is 12.4 Å². The first-order chi connectivity index (χ1) is 18.6. The molecule has 0 bridgehead atoms. The molecule has 2 rings (SSSR count). The van der Waals surface area contributed by atoms with Gasteiger partial charge >= 0.3 is 0 Å². The van der Waals surface area contributed by atoms with Crippen LogP contribution in [0.5, 0.6) is 0 Å². The molecule has 0 aliphatic carbocycles. The quantitative estimate of drug-likeness (QED) is 0.192. The summed E-state index contributed by atoms with van der Waals surface area (Å²) in [6.07, 6.45) is 12.0. The number of aryl methyl sites for hydroxylation is 2. The molecule has 0 spiro atoms. The van der Waals surface area contributed by atoms with Crippen LogP contribution in [0, 0.1) is 23.7 Å². The summed E-state index contributed by atoms with van der Waals surface area (Å²) in [4.78, 5) is 11.4. The van der Waals surface area contributed by atoms with Crippen LogP contribution in [-0.2, 0) is 40.2 Å². The minimum Gasteiger partial charge on any atom is -0.380 e. The normalized spacial score (nSPS) is 11.6. The van der Waals surface area contributed by atoms with E-state index in [1.807, 2.05) is 30.9 Å². The molecule has 2 aromatic rings. The van der Waals surface area contributed by atoms with E-state index in [-0.39, 0.29) is 18.3 Å². The van der Waals surface area contributed by atoms with E-state index in [1.165, 1.54) is 19.3 Å². The summed E-state index contributed by atoms with van der Waals surface area (Å²) >= 11 is 0. The molecule has 39 heavy (non-hydrogen) atoms. The smallest absolute Gasteiger partial charge is 0.160 e. The van der Waals surface area contributed by atoms with E-state index >= 15 is 0 Å². The molecule has 224 valence electrons. The molecule has 0 radical (unpaired) electrons. The number of aromatic nitrogens is 6. The SMILES string of the molecule is CC(C)CCCc1cn(CCOCC(=O)C(C)C)nn1.CC(C)CCCc1cn(CCOCCC(C)C)nn1. The van der Waals surface area contributed by atoms with Gasteiger partial charge in [-0.05, 0) is 49.9 Å². The fourth-order valence-electron chi connectivity index (χ4n) is 3.58. The lowest BCUT2D eigenvalue weighted by Crippen LogP contribution is -2.17. The molecule has 0 aliphatic rings. The zero-order chi connectivity index (χ0) is 29.0. The number of ether oxygens (including phenoxy) is 2. The van der Waals surface area contributed by atoms with Gasteiger partial charge in [0.05, 0.1) is 37.7 Å². The van der Waals surface area contributed by atoms with Gasteiger partial charge in [0.1, 0.15) is 6.61 Å². The van der Waals surface area contributed by atoms with Crippen molar-refractivity contribution in [2.45, 2.75) is 113 Å². The second kappa shape index (κ2) is 20.7.